The van der Waals surface area contributed by atoms with Crippen molar-refractivity contribution >= 4 is 27.3 Å². The van der Waals surface area contributed by atoms with Crippen molar-refractivity contribution < 1.29 is 17.9 Å². The minimum atomic E-state index is -3.90. The predicted octanol–water partition coefficient (Wildman–Crippen LogP) is 1.50. The molecule has 0 spiro atoms. The van der Waals surface area contributed by atoms with Gasteiger partial charge in [-0.15, -0.1) is 0 Å². The molecule has 1 atom stereocenters. The largest absolute Gasteiger partial charge is 0.396 e. The highest BCUT2D eigenvalue weighted by Gasteiger charge is 2.23. The number of rotatable bonds is 6. The summed E-state index contributed by atoms with van der Waals surface area (Å²) < 4.78 is 39.7. The minimum Gasteiger partial charge on any atom is -0.396 e. The van der Waals surface area contributed by atoms with Gasteiger partial charge >= 0.3 is 0 Å². The number of hydrogen-bond donors (Lipinski definition) is 3. The SMILES string of the molecule is CCC(CCO)NS(=O)(=O)c1cc(N)c(F)cc1Cl. The highest BCUT2D eigenvalue weighted by molar-refractivity contribution is 7.89. The Hall–Kier alpha value is -0.890. The molecule has 0 saturated carbocycles. The summed E-state index contributed by atoms with van der Waals surface area (Å²) in [6, 6.07) is 1.42. The lowest BCUT2D eigenvalue weighted by Gasteiger charge is -2.16. The number of aliphatic hydroxyl groups excluding tert-OH is 1. The number of benzene rings is 1. The van der Waals surface area contributed by atoms with Crippen molar-refractivity contribution in [1.29, 1.82) is 0 Å². The van der Waals surface area contributed by atoms with Crippen LogP contribution in [0.1, 0.15) is 19.8 Å². The van der Waals surface area contributed by atoms with E-state index in [4.69, 9.17) is 22.4 Å². The van der Waals surface area contributed by atoms with Crippen LogP contribution in [0.4, 0.5) is 10.1 Å². The lowest BCUT2D eigenvalue weighted by atomic mass is 10.2. The zero-order chi connectivity index (χ0) is 14.6. The summed E-state index contributed by atoms with van der Waals surface area (Å²) in [7, 11) is -3.90. The van der Waals surface area contributed by atoms with Crippen molar-refractivity contribution in [2.75, 3.05) is 12.3 Å². The number of nitrogen functional groups attached to an aromatic ring is 1. The lowest BCUT2D eigenvalue weighted by Crippen LogP contribution is -2.35. The second kappa shape index (κ2) is 6.51. The van der Waals surface area contributed by atoms with E-state index in [1.165, 1.54) is 0 Å². The highest BCUT2D eigenvalue weighted by Crippen LogP contribution is 2.26. The van der Waals surface area contributed by atoms with E-state index in [0.29, 0.717) is 6.42 Å². The van der Waals surface area contributed by atoms with E-state index in [0.717, 1.165) is 12.1 Å². The van der Waals surface area contributed by atoms with Crippen LogP contribution in [-0.4, -0.2) is 26.2 Å². The summed E-state index contributed by atoms with van der Waals surface area (Å²) in [5, 5.41) is 8.60. The van der Waals surface area contributed by atoms with Crippen molar-refractivity contribution in [2.24, 2.45) is 0 Å². The molecule has 1 aromatic carbocycles. The van der Waals surface area contributed by atoms with Crippen molar-refractivity contribution in [2.45, 2.75) is 30.7 Å². The van der Waals surface area contributed by atoms with Gasteiger partial charge in [-0.25, -0.2) is 17.5 Å². The zero-order valence-electron chi connectivity index (χ0n) is 10.4. The highest BCUT2D eigenvalue weighted by atomic mass is 35.5. The number of nitrogens with two attached hydrogens (primary N) is 1. The van der Waals surface area contributed by atoms with Gasteiger partial charge in [0.25, 0.3) is 0 Å². The summed E-state index contributed by atoms with van der Waals surface area (Å²) in [5.74, 6) is -0.772. The first kappa shape index (κ1) is 16.2. The molecule has 1 rings (SSSR count). The number of halogens is 2. The van der Waals surface area contributed by atoms with E-state index in [-0.39, 0.29) is 28.6 Å². The Labute approximate surface area is 116 Å². The third kappa shape index (κ3) is 4.04. The van der Waals surface area contributed by atoms with Gasteiger partial charge in [-0.3, -0.25) is 0 Å². The van der Waals surface area contributed by atoms with Crippen molar-refractivity contribution in [3.8, 4) is 0 Å². The molecule has 0 heterocycles. The maximum absolute atomic E-state index is 13.1. The predicted molar refractivity (Wildman–Crippen MR) is 71.9 cm³/mol. The van der Waals surface area contributed by atoms with E-state index >= 15 is 0 Å². The average Bonchev–Trinajstić information content (AvgIpc) is 2.32. The van der Waals surface area contributed by atoms with Crippen LogP contribution in [0.5, 0.6) is 0 Å². The normalized spacial score (nSPS) is 13.5. The Morgan fingerprint density at radius 3 is 2.68 bits per heavy atom. The number of sulfonamides is 1. The van der Waals surface area contributed by atoms with E-state index in [1.807, 2.05) is 0 Å². The molecule has 0 aromatic heterocycles. The van der Waals surface area contributed by atoms with Crippen molar-refractivity contribution in [3.63, 3.8) is 0 Å². The Morgan fingerprint density at radius 1 is 1.53 bits per heavy atom. The van der Waals surface area contributed by atoms with Crippen molar-refractivity contribution in [1.82, 2.24) is 4.72 Å². The first-order chi connectivity index (χ1) is 8.81. The number of nitrogens with one attached hydrogen (secondary N) is 1. The van der Waals surface area contributed by atoms with Crippen LogP contribution in [-0.2, 0) is 10.0 Å². The van der Waals surface area contributed by atoms with Gasteiger partial charge in [0.2, 0.25) is 10.0 Å². The molecule has 0 fully saturated rings. The Kier molecular flexibility index (Phi) is 5.54. The van der Waals surface area contributed by atoms with Gasteiger partial charge in [0.1, 0.15) is 10.7 Å². The van der Waals surface area contributed by atoms with E-state index in [1.54, 1.807) is 6.92 Å². The fourth-order valence-electron chi connectivity index (χ4n) is 1.54. The Bertz CT molecular complexity index is 551. The monoisotopic (exact) mass is 310 g/mol. The van der Waals surface area contributed by atoms with Crippen LogP contribution in [0.2, 0.25) is 5.02 Å². The van der Waals surface area contributed by atoms with Crippen LogP contribution in [0.15, 0.2) is 17.0 Å². The fourth-order valence-corrected chi connectivity index (χ4v) is 3.44. The molecule has 0 aliphatic heterocycles. The van der Waals surface area contributed by atoms with E-state index < -0.39 is 21.9 Å². The molecule has 108 valence electrons. The van der Waals surface area contributed by atoms with Crippen LogP contribution >= 0.6 is 11.6 Å². The summed E-state index contributed by atoms with van der Waals surface area (Å²) in [6.45, 7) is 1.64. The van der Waals surface area contributed by atoms with Crippen LogP contribution < -0.4 is 10.5 Å². The number of anilines is 1. The molecule has 1 aromatic rings. The van der Waals surface area contributed by atoms with Gasteiger partial charge in [0.15, 0.2) is 0 Å². The quantitative estimate of drug-likeness (QED) is 0.694. The smallest absolute Gasteiger partial charge is 0.242 e. The molecule has 1 unspecified atom stereocenters. The molecule has 4 N–H and O–H groups in total. The van der Waals surface area contributed by atoms with Gasteiger partial charge in [0, 0.05) is 12.6 Å². The first-order valence-electron chi connectivity index (χ1n) is 5.69. The number of aliphatic hydroxyl groups is 1. The molecule has 8 heteroatoms. The Balaban J connectivity index is 3.10. The van der Waals surface area contributed by atoms with Gasteiger partial charge < -0.3 is 10.8 Å². The zero-order valence-corrected chi connectivity index (χ0v) is 11.9. The molecule has 0 bridgehead atoms. The summed E-state index contributed by atoms with van der Waals surface area (Å²) in [5.41, 5.74) is 5.05. The molecule has 19 heavy (non-hydrogen) atoms. The average molecular weight is 311 g/mol. The molecule has 0 saturated heterocycles. The summed E-state index contributed by atoms with van der Waals surface area (Å²) in [4.78, 5) is -0.274. The topological polar surface area (TPSA) is 92.4 Å². The summed E-state index contributed by atoms with van der Waals surface area (Å²) in [6.07, 6.45) is 0.790. The number of hydrogen-bond acceptors (Lipinski definition) is 4. The van der Waals surface area contributed by atoms with Gasteiger partial charge in [-0.1, -0.05) is 18.5 Å². The maximum atomic E-state index is 13.1. The maximum Gasteiger partial charge on any atom is 0.242 e. The molecule has 0 radical (unpaired) electrons. The second-order valence-electron chi connectivity index (χ2n) is 4.04. The van der Waals surface area contributed by atoms with E-state index in [2.05, 4.69) is 4.72 Å². The standard InChI is InChI=1S/C11H16ClFN2O3S/c1-2-7(3-4-16)15-19(17,18)11-6-10(14)9(13)5-8(11)12/h5-7,15-16H,2-4,14H2,1H3. The first-order valence-corrected chi connectivity index (χ1v) is 7.55. The van der Waals surface area contributed by atoms with Gasteiger partial charge in [-0.05, 0) is 25.0 Å². The van der Waals surface area contributed by atoms with Crippen LogP contribution in [0.25, 0.3) is 0 Å². The lowest BCUT2D eigenvalue weighted by molar-refractivity contribution is 0.270. The molecule has 0 aliphatic rings. The fraction of sp³-hybridized carbons (Fsp3) is 0.455. The van der Waals surface area contributed by atoms with Gasteiger partial charge in [0.05, 0.1) is 10.7 Å². The van der Waals surface area contributed by atoms with Crippen LogP contribution in [0, 0.1) is 5.82 Å². The molecule has 5 nitrogen and oxygen atoms in total. The van der Waals surface area contributed by atoms with Crippen molar-refractivity contribution in [3.05, 3.63) is 23.0 Å². The molecular formula is C11H16ClFN2O3S. The summed E-state index contributed by atoms with van der Waals surface area (Å²) >= 11 is 5.73. The molecule has 0 aliphatic carbocycles. The van der Waals surface area contributed by atoms with E-state index in [9.17, 15) is 12.8 Å². The van der Waals surface area contributed by atoms with Crippen LogP contribution in [0.3, 0.4) is 0 Å². The molecular weight excluding hydrogens is 295 g/mol. The second-order valence-corrected chi connectivity index (χ2v) is 6.13. The molecule has 0 amide bonds. The third-order valence-corrected chi connectivity index (χ3v) is 4.62. The minimum absolute atomic E-state index is 0.139. The Morgan fingerprint density at radius 2 is 2.16 bits per heavy atom. The van der Waals surface area contributed by atoms with Gasteiger partial charge in [-0.2, -0.15) is 0 Å². The third-order valence-electron chi connectivity index (χ3n) is 2.63.